The van der Waals surface area contributed by atoms with Crippen molar-refractivity contribution in [1.82, 2.24) is 0 Å². The average Bonchev–Trinajstić information content (AvgIpc) is 2.79. The van der Waals surface area contributed by atoms with Gasteiger partial charge in [-0.25, -0.2) is 0 Å². The van der Waals surface area contributed by atoms with Crippen LogP contribution in [0.1, 0.15) is 67.7 Å². The summed E-state index contributed by atoms with van der Waals surface area (Å²) >= 11 is 0. The normalized spacial score (nSPS) is 40.0. The van der Waals surface area contributed by atoms with Gasteiger partial charge in [-0.1, -0.05) is 0 Å². The van der Waals surface area contributed by atoms with Crippen molar-refractivity contribution in [1.29, 1.82) is 0 Å². The van der Waals surface area contributed by atoms with E-state index in [4.69, 9.17) is 42.6 Å². The van der Waals surface area contributed by atoms with Crippen molar-refractivity contribution >= 4 is 23.9 Å². The van der Waals surface area contributed by atoms with Crippen LogP contribution in [0.15, 0.2) is 0 Å². The van der Waals surface area contributed by atoms with Gasteiger partial charge in [0.1, 0.15) is 30.5 Å². The van der Waals surface area contributed by atoms with Gasteiger partial charge in [0.2, 0.25) is 0 Å². The van der Waals surface area contributed by atoms with Gasteiger partial charge >= 0.3 is 23.9 Å². The summed E-state index contributed by atoms with van der Waals surface area (Å²) in [5.74, 6) is -2.18. The Kier molecular flexibility index (Phi) is 11.3. The predicted octanol–water partition coefficient (Wildman–Crippen LogP) is 0.881. The van der Waals surface area contributed by atoms with E-state index in [1.807, 2.05) is 0 Å². The highest BCUT2D eigenvalue weighted by Crippen LogP contribution is 2.34. The number of hydrogen-bond acceptors (Lipinski definition) is 14. The number of carbonyl (C=O) groups is 4. The highest BCUT2D eigenvalue weighted by molar-refractivity contribution is 5.67. The van der Waals surface area contributed by atoms with Crippen molar-refractivity contribution in [2.24, 2.45) is 0 Å². The SMILES string of the molecule is CC(=O)O[C@H]1[C@@H](OC(C)=O)C[C@H](O[C@H]2[C@@H](OC(C)=O)C[C@H](O[C@H]3[C@@H](OC(C)=O)C[C@H](O)O[C@@H]3C)O[C@@H]2C)O[C@@H]1C. The number of aliphatic hydroxyl groups is 1. The lowest BCUT2D eigenvalue weighted by atomic mass is 9.99. The maximum absolute atomic E-state index is 12.0. The first-order chi connectivity index (χ1) is 18.7. The lowest BCUT2D eigenvalue weighted by Gasteiger charge is -2.45. The molecular formula is C26H40O14. The van der Waals surface area contributed by atoms with Crippen molar-refractivity contribution < 1.29 is 66.9 Å². The van der Waals surface area contributed by atoms with E-state index in [9.17, 15) is 24.3 Å². The standard InChI is InChI=1S/C26H40O14/c1-11-25(18(35-14(4)27)8-21(31)32-11)39-23-10-20(37-16(6)29)26(13(3)34-23)40-22-9-19(36-15(5)28)24(12(2)33-22)38-17(7)30/h11-13,18-26,31H,8-10H2,1-7H3/t11-,12-,13-,18+,19+,20+,21-,22+,23+,24-,25-,26-/m1/s1. The predicted molar refractivity (Wildman–Crippen MR) is 131 cm³/mol. The third-order valence-electron chi connectivity index (χ3n) is 6.75. The largest absolute Gasteiger partial charge is 0.459 e. The average molecular weight is 577 g/mol. The Morgan fingerprint density at radius 2 is 0.900 bits per heavy atom. The molecule has 0 amide bonds. The van der Waals surface area contributed by atoms with Crippen LogP contribution in [0, 0.1) is 0 Å². The smallest absolute Gasteiger partial charge is 0.303 e. The fraction of sp³-hybridized carbons (Fsp3) is 0.846. The molecule has 14 heteroatoms. The molecule has 40 heavy (non-hydrogen) atoms. The van der Waals surface area contributed by atoms with Crippen LogP contribution in [0.2, 0.25) is 0 Å². The fourth-order valence-electron chi connectivity index (χ4n) is 5.28. The molecule has 0 aromatic carbocycles. The van der Waals surface area contributed by atoms with Gasteiger partial charge < -0.3 is 47.7 Å². The van der Waals surface area contributed by atoms with E-state index in [0.29, 0.717) is 0 Å². The number of aliphatic hydroxyl groups excluding tert-OH is 1. The second-order valence-corrected chi connectivity index (χ2v) is 10.3. The maximum Gasteiger partial charge on any atom is 0.303 e. The van der Waals surface area contributed by atoms with E-state index in [1.165, 1.54) is 27.7 Å². The van der Waals surface area contributed by atoms with Crippen molar-refractivity contribution in [3.8, 4) is 0 Å². The van der Waals surface area contributed by atoms with E-state index in [1.54, 1.807) is 20.8 Å². The van der Waals surface area contributed by atoms with Crippen LogP contribution in [-0.4, -0.2) is 103 Å². The summed E-state index contributed by atoms with van der Waals surface area (Å²) in [6, 6.07) is 0. The highest BCUT2D eigenvalue weighted by atomic mass is 16.7. The van der Waals surface area contributed by atoms with Crippen molar-refractivity contribution in [3.05, 3.63) is 0 Å². The second-order valence-electron chi connectivity index (χ2n) is 10.3. The lowest BCUT2D eigenvalue weighted by molar-refractivity contribution is -0.333. The number of rotatable bonds is 8. The summed E-state index contributed by atoms with van der Waals surface area (Å²) in [6.07, 6.45) is -9.54. The molecule has 14 nitrogen and oxygen atoms in total. The third-order valence-corrected chi connectivity index (χ3v) is 6.75. The summed E-state index contributed by atoms with van der Waals surface area (Å²) in [4.78, 5) is 46.9. The van der Waals surface area contributed by atoms with E-state index in [0.717, 1.165) is 0 Å². The van der Waals surface area contributed by atoms with Crippen LogP contribution in [0.5, 0.6) is 0 Å². The number of hydrogen-bond donors (Lipinski definition) is 1. The molecule has 0 bridgehead atoms. The molecule has 0 aromatic heterocycles. The molecule has 3 saturated heterocycles. The van der Waals surface area contributed by atoms with Gasteiger partial charge in [0, 0.05) is 47.0 Å². The van der Waals surface area contributed by atoms with Crippen LogP contribution >= 0.6 is 0 Å². The zero-order valence-corrected chi connectivity index (χ0v) is 23.8. The molecule has 3 heterocycles. The lowest BCUT2D eigenvalue weighted by Crippen LogP contribution is -2.57. The molecule has 3 fully saturated rings. The molecule has 1 N–H and O–H groups in total. The minimum atomic E-state index is -1.12. The van der Waals surface area contributed by atoms with E-state index in [-0.39, 0.29) is 19.3 Å². The molecule has 0 radical (unpaired) electrons. The van der Waals surface area contributed by atoms with Gasteiger partial charge in [-0.05, 0) is 20.8 Å². The Labute approximate surface area is 232 Å². The van der Waals surface area contributed by atoms with E-state index in [2.05, 4.69) is 0 Å². The molecule has 0 aromatic rings. The Hall–Kier alpha value is -2.36. The number of ether oxygens (including phenoxy) is 9. The van der Waals surface area contributed by atoms with Crippen LogP contribution in [0.3, 0.4) is 0 Å². The minimum absolute atomic E-state index is 0.0189. The van der Waals surface area contributed by atoms with Gasteiger partial charge in [-0.2, -0.15) is 0 Å². The number of carbonyl (C=O) groups excluding carboxylic acids is 4. The quantitative estimate of drug-likeness (QED) is 0.319. The maximum atomic E-state index is 12.0. The van der Waals surface area contributed by atoms with Crippen LogP contribution in [-0.2, 0) is 61.8 Å². The Balaban J connectivity index is 1.72. The Morgan fingerprint density at radius 3 is 1.32 bits per heavy atom. The summed E-state index contributed by atoms with van der Waals surface area (Å²) in [5.41, 5.74) is 0. The molecule has 0 spiro atoms. The van der Waals surface area contributed by atoms with E-state index < -0.39 is 97.7 Å². The van der Waals surface area contributed by atoms with Gasteiger partial charge in [0.25, 0.3) is 0 Å². The number of esters is 4. The Bertz CT molecular complexity index is 910. The summed E-state index contributed by atoms with van der Waals surface area (Å²) < 4.78 is 51.4. The van der Waals surface area contributed by atoms with Crippen molar-refractivity contribution in [2.45, 2.75) is 142 Å². The minimum Gasteiger partial charge on any atom is -0.459 e. The zero-order chi connectivity index (χ0) is 29.7. The first-order valence-corrected chi connectivity index (χ1v) is 13.4. The van der Waals surface area contributed by atoms with Gasteiger partial charge in [-0.15, -0.1) is 0 Å². The molecule has 3 aliphatic heterocycles. The highest BCUT2D eigenvalue weighted by Gasteiger charge is 2.48. The van der Waals surface area contributed by atoms with Crippen molar-refractivity contribution in [3.63, 3.8) is 0 Å². The van der Waals surface area contributed by atoms with Crippen LogP contribution in [0.4, 0.5) is 0 Å². The van der Waals surface area contributed by atoms with Gasteiger partial charge in [-0.3, -0.25) is 19.2 Å². The van der Waals surface area contributed by atoms with Crippen LogP contribution < -0.4 is 0 Å². The first kappa shape index (κ1) is 32.2. The molecule has 3 aliphatic rings. The molecule has 0 aliphatic carbocycles. The Morgan fingerprint density at radius 1 is 0.550 bits per heavy atom. The summed E-state index contributed by atoms with van der Waals surface area (Å²) in [7, 11) is 0. The van der Waals surface area contributed by atoms with Crippen LogP contribution in [0.25, 0.3) is 0 Å². The third kappa shape index (κ3) is 8.82. The van der Waals surface area contributed by atoms with E-state index >= 15 is 0 Å². The molecule has 0 saturated carbocycles. The zero-order valence-electron chi connectivity index (χ0n) is 23.8. The van der Waals surface area contributed by atoms with Gasteiger partial charge in [0.05, 0.1) is 18.3 Å². The molecule has 0 unspecified atom stereocenters. The first-order valence-electron chi connectivity index (χ1n) is 13.4. The second kappa shape index (κ2) is 14.0. The topological polar surface area (TPSA) is 172 Å². The summed E-state index contributed by atoms with van der Waals surface area (Å²) in [6.45, 7) is 10.1. The molecular weight excluding hydrogens is 536 g/mol. The fourth-order valence-corrected chi connectivity index (χ4v) is 5.28. The summed E-state index contributed by atoms with van der Waals surface area (Å²) in [5, 5.41) is 9.97. The molecule has 3 rings (SSSR count). The monoisotopic (exact) mass is 576 g/mol. The van der Waals surface area contributed by atoms with Gasteiger partial charge in [0.15, 0.2) is 25.0 Å². The molecule has 228 valence electrons. The molecule has 12 atom stereocenters. The van der Waals surface area contributed by atoms with Crippen molar-refractivity contribution in [2.75, 3.05) is 0 Å².